The molecule has 0 aliphatic heterocycles. The molecule has 0 spiro atoms. The van der Waals surface area contributed by atoms with Crippen molar-refractivity contribution in [3.8, 4) is 0 Å². The van der Waals surface area contributed by atoms with E-state index in [0.29, 0.717) is 15.6 Å². The Kier molecular flexibility index (Phi) is 6.68. The van der Waals surface area contributed by atoms with Gasteiger partial charge in [-0.2, -0.15) is 0 Å². The fourth-order valence-corrected chi connectivity index (χ4v) is 3.03. The molecule has 0 radical (unpaired) electrons. The topological polar surface area (TPSA) is 55.4 Å². The molecule has 1 atom stereocenters. The Bertz CT molecular complexity index is 826. The van der Waals surface area contributed by atoms with Crippen LogP contribution in [0.4, 0.5) is 5.69 Å². The van der Waals surface area contributed by atoms with Crippen LogP contribution in [0, 0.1) is 20.8 Å². The van der Waals surface area contributed by atoms with Crippen molar-refractivity contribution in [2.24, 2.45) is 0 Å². The van der Waals surface area contributed by atoms with Crippen LogP contribution >= 0.6 is 23.2 Å². The smallest absolute Gasteiger partial charge is 0.311 e. The quantitative estimate of drug-likeness (QED) is 0.724. The molecule has 1 N–H and O–H groups in total. The molecule has 0 saturated carbocycles. The van der Waals surface area contributed by atoms with Crippen molar-refractivity contribution < 1.29 is 14.3 Å². The second-order valence-corrected chi connectivity index (χ2v) is 7.13. The largest absolute Gasteiger partial charge is 0.452 e. The Morgan fingerprint density at radius 2 is 1.65 bits per heavy atom. The van der Waals surface area contributed by atoms with Crippen LogP contribution in [0.15, 0.2) is 30.3 Å². The van der Waals surface area contributed by atoms with Crippen molar-refractivity contribution in [1.29, 1.82) is 0 Å². The van der Waals surface area contributed by atoms with Gasteiger partial charge in [0.1, 0.15) is 0 Å². The molecule has 2 rings (SSSR count). The minimum atomic E-state index is -0.912. The van der Waals surface area contributed by atoms with E-state index in [4.69, 9.17) is 27.9 Å². The van der Waals surface area contributed by atoms with Crippen molar-refractivity contribution in [3.63, 3.8) is 0 Å². The molecule has 0 unspecified atom stereocenters. The Balaban J connectivity index is 1.98. The fraction of sp³-hybridized carbons (Fsp3) is 0.300. The molecule has 6 heteroatoms. The summed E-state index contributed by atoms with van der Waals surface area (Å²) < 4.78 is 5.23. The number of benzene rings is 2. The van der Waals surface area contributed by atoms with Gasteiger partial charge in [0.15, 0.2) is 6.10 Å². The molecule has 0 fully saturated rings. The van der Waals surface area contributed by atoms with Crippen LogP contribution in [0.25, 0.3) is 0 Å². The second-order valence-electron chi connectivity index (χ2n) is 6.32. The first-order valence-corrected chi connectivity index (χ1v) is 8.95. The number of hydrogen-bond acceptors (Lipinski definition) is 3. The first kappa shape index (κ1) is 20.3. The van der Waals surface area contributed by atoms with E-state index < -0.39 is 12.1 Å². The van der Waals surface area contributed by atoms with Gasteiger partial charge in [-0.15, -0.1) is 0 Å². The average Bonchev–Trinajstić information content (AvgIpc) is 2.54. The summed E-state index contributed by atoms with van der Waals surface area (Å²) in [4.78, 5) is 24.4. The molecule has 0 aliphatic rings. The zero-order chi connectivity index (χ0) is 19.4. The maximum atomic E-state index is 12.4. The number of rotatable bonds is 5. The number of carbonyl (C=O) groups excluding carboxylic acids is 2. The van der Waals surface area contributed by atoms with E-state index in [1.54, 1.807) is 25.1 Å². The molecule has 0 aliphatic carbocycles. The number of nitrogens with one attached hydrogen (secondary N) is 1. The summed E-state index contributed by atoms with van der Waals surface area (Å²) in [5, 5.41) is 3.62. The molecule has 0 heterocycles. The van der Waals surface area contributed by atoms with Gasteiger partial charge in [-0.3, -0.25) is 9.59 Å². The molecule has 1 amide bonds. The van der Waals surface area contributed by atoms with Gasteiger partial charge in [-0.1, -0.05) is 47.0 Å². The molecule has 2 aromatic rings. The van der Waals surface area contributed by atoms with Crippen LogP contribution < -0.4 is 5.32 Å². The standard InChI is InChI=1S/C20H21Cl2NO3/c1-11-7-12(2)19(13(3)8-11)23-20(25)14(4)26-18(24)10-15-5-6-16(21)17(22)9-15/h5-9,14H,10H2,1-4H3,(H,23,25)/t14-/m1/s1. The SMILES string of the molecule is Cc1cc(C)c(NC(=O)[C@@H](C)OC(=O)Cc2ccc(Cl)c(Cl)c2)c(C)c1. The van der Waals surface area contributed by atoms with Crippen LogP contribution in [-0.2, 0) is 20.7 Å². The number of anilines is 1. The maximum Gasteiger partial charge on any atom is 0.311 e. The van der Waals surface area contributed by atoms with E-state index in [0.717, 1.165) is 22.4 Å². The van der Waals surface area contributed by atoms with E-state index in [9.17, 15) is 9.59 Å². The molecular weight excluding hydrogens is 373 g/mol. The molecular formula is C20H21Cl2NO3. The maximum absolute atomic E-state index is 12.4. The lowest BCUT2D eigenvalue weighted by Crippen LogP contribution is -2.31. The van der Waals surface area contributed by atoms with Gasteiger partial charge >= 0.3 is 5.97 Å². The second kappa shape index (κ2) is 8.56. The highest BCUT2D eigenvalue weighted by Crippen LogP contribution is 2.24. The Hall–Kier alpha value is -2.04. The molecule has 4 nitrogen and oxygen atoms in total. The number of amides is 1. The third-order valence-corrected chi connectivity index (χ3v) is 4.67. The number of esters is 1. The minimum Gasteiger partial charge on any atom is -0.452 e. The monoisotopic (exact) mass is 393 g/mol. The number of carbonyl (C=O) groups is 2. The van der Waals surface area contributed by atoms with Gasteiger partial charge in [-0.05, 0) is 56.5 Å². The Labute approximate surface area is 163 Å². The van der Waals surface area contributed by atoms with Gasteiger partial charge in [0, 0.05) is 5.69 Å². The highest BCUT2D eigenvalue weighted by molar-refractivity contribution is 6.42. The van der Waals surface area contributed by atoms with E-state index in [1.165, 1.54) is 0 Å². The zero-order valence-corrected chi connectivity index (χ0v) is 16.7. The van der Waals surface area contributed by atoms with Gasteiger partial charge < -0.3 is 10.1 Å². The van der Waals surface area contributed by atoms with Crippen molar-refractivity contribution in [3.05, 3.63) is 62.6 Å². The van der Waals surface area contributed by atoms with E-state index >= 15 is 0 Å². The molecule has 0 bridgehead atoms. The third kappa shape index (κ3) is 5.23. The van der Waals surface area contributed by atoms with Crippen molar-refractivity contribution in [2.45, 2.75) is 40.2 Å². The number of ether oxygens (including phenoxy) is 1. The Morgan fingerprint density at radius 1 is 1.04 bits per heavy atom. The van der Waals surface area contributed by atoms with Crippen LogP contribution in [-0.4, -0.2) is 18.0 Å². The summed E-state index contributed by atoms with van der Waals surface area (Å²) in [5.41, 5.74) is 4.46. The number of hydrogen-bond donors (Lipinski definition) is 1. The van der Waals surface area contributed by atoms with E-state index in [-0.39, 0.29) is 12.3 Å². The summed E-state index contributed by atoms with van der Waals surface area (Å²) >= 11 is 11.8. The fourth-order valence-electron chi connectivity index (χ4n) is 2.71. The lowest BCUT2D eigenvalue weighted by molar-refractivity contribution is -0.152. The number of halogens is 2. The summed E-state index contributed by atoms with van der Waals surface area (Å²) in [5.74, 6) is -0.883. The van der Waals surface area contributed by atoms with Gasteiger partial charge in [0.2, 0.25) is 0 Å². The predicted molar refractivity (Wildman–Crippen MR) is 105 cm³/mol. The third-order valence-electron chi connectivity index (χ3n) is 3.94. The van der Waals surface area contributed by atoms with Crippen LogP contribution in [0.3, 0.4) is 0 Å². The van der Waals surface area contributed by atoms with Crippen molar-refractivity contribution in [2.75, 3.05) is 5.32 Å². The Morgan fingerprint density at radius 3 is 2.23 bits per heavy atom. The van der Waals surface area contributed by atoms with E-state index in [1.807, 2.05) is 32.9 Å². The van der Waals surface area contributed by atoms with Crippen molar-refractivity contribution in [1.82, 2.24) is 0 Å². The van der Waals surface area contributed by atoms with Crippen LogP contribution in [0.1, 0.15) is 29.2 Å². The van der Waals surface area contributed by atoms with Gasteiger partial charge in [-0.25, -0.2) is 0 Å². The molecule has 0 saturated heterocycles. The summed E-state index contributed by atoms with van der Waals surface area (Å²) in [6.07, 6.45) is -0.901. The van der Waals surface area contributed by atoms with Gasteiger partial charge in [0.05, 0.1) is 16.5 Å². The zero-order valence-electron chi connectivity index (χ0n) is 15.2. The molecule has 26 heavy (non-hydrogen) atoms. The lowest BCUT2D eigenvalue weighted by Gasteiger charge is -2.17. The summed E-state index contributed by atoms with van der Waals surface area (Å²) in [7, 11) is 0. The lowest BCUT2D eigenvalue weighted by atomic mass is 10.0. The van der Waals surface area contributed by atoms with Gasteiger partial charge in [0.25, 0.3) is 5.91 Å². The highest BCUT2D eigenvalue weighted by Gasteiger charge is 2.19. The predicted octanol–water partition coefficient (Wildman–Crippen LogP) is 5.03. The van der Waals surface area contributed by atoms with E-state index in [2.05, 4.69) is 5.32 Å². The molecule has 0 aromatic heterocycles. The normalized spacial score (nSPS) is 11.8. The minimum absolute atomic E-state index is 0.0110. The van der Waals surface area contributed by atoms with Crippen molar-refractivity contribution >= 4 is 40.8 Å². The van der Waals surface area contributed by atoms with Crippen LogP contribution in [0.5, 0.6) is 0 Å². The first-order valence-electron chi connectivity index (χ1n) is 8.19. The first-order chi connectivity index (χ1) is 12.2. The van der Waals surface area contributed by atoms with Crippen LogP contribution in [0.2, 0.25) is 10.0 Å². The molecule has 138 valence electrons. The average molecular weight is 394 g/mol. The summed E-state index contributed by atoms with van der Waals surface area (Å²) in [6, 6.07) is 8.90. The highest BCUT2D eigenvalue weighted by atomic mass is 35.5. The molecule has 2 aromatic carbocycles. The number of aryl methyl sites for hydroxylation is 3. The summed E-state index contributed by atoms with van der Waals surface area (Å²) in [6.45, 7) is 7.40.